The highest BCUT2D eigenvalue weighted by Crippen LogP contribution is 2.24. The van der Waals surface area contributed by atoms with Crippen molar-refractivity contribution in [1.82, 2.24) is 14.5 Å². The Balaban J connectivity index is 1.46. The predicted molar refractivity (Wildman–Crippen MR) is 122 cm³/mol. The standard InChI is InChI=1S/C23H26N4O5S/c1-14-5-6-19(11-15(14)2)22-25-26-23(32-22)24-21(28)18-7-9-20(10-8-18)33(29,30)27-12-16(3)31-17(4)13-27/h5-11,16-17H,12-13H2,1-4H3,(H,24,26,28). The molecule has 10 heteroatoms. The normalized spacial score (nSPS) is 19.4. The maximum absolute atomic E-state index is 13.0. The summed E-state index contributed by atoms with van der Waals surface area (Å²) < 4.78 is 38.5. The third-order valence-electron chi connectivity index (χ3n) is 5.54. The van der Waals surface area contributed by atoms with E-state index in [1.165, 1.54) is 28.6 Å². The smallest absolute Gasteiger partial charge is 0.322 e. The van der Waals surface area contributed by atoms with Crippen molar-refractivity contribution in [1.29, 1.82) is 0 Å². The van der Waals surface area contributed by atoms with E-state index in [1.807, 2.05) is 45.9 Å². The Kier molecular flexibility index (Phi) is 6.33. The van der Waals surface area contributed by atoms with Gasteiger partial charge in [-0.1, -0.05) is 11.2 Å². The first-order valence-electron chi connectivity index (χ1n) is 10.6. The van der Waals surface area contributed by atoms with Crippen LogP contribution in [0.2, 0.25) is 0 Å². The summed E-state index contributed by atoms with van der Waals surface area (Å²) in [6.45, 7) is 8.26. The molecule has 0 radical (unpaired) electrons. The molecule has 4 rings (SSSR count). The average Bonchev–Trinajstić information content (AvgIpc) is 3.23. The van der Waals surface area contributed by atoms with Crippen LogP contribution in [-0.2, 0) is 14.8 Å². The second kappa shape index (κ2) is 9.05. The Bertz CT molecular complexity index is 1260. The Labute approximate surface area is 192 Å². The van der Waals surface area contributed by atoms with Crippen molar-refractivity contribution in [2.45, 2.75) is 44.8 Å². The molecule has 9 nitrogen and oxygen atoms in total. The van der Waals surface area contributed by atoms with Gasteiger partial charge in [0, 0.05) is 24.2 Å². The van der Waals surface area contributed by atoms with Crippen LogP contribution in [0.15, 0.2) is 51.8 Å². The first-order valence-corrected chi connectivity index (χ1v) is 12.1. The van der Waals surface area contributed by atoms with Crippen LogP contribution in [0.4, 0.5) is 6.01 Å². The van der Waals surface area contributed by atoms with Gasteiger partial charge in [0.2, 0.25) is 15.9 Å². The topological polar surface area (TPSA) is 115 Å². The quantitative estimate of drug-likeness (QED) is 0.608. The summed E-state index contributed by atoms with van der Waals surface area (Å²) in [6, 6.07) is 11.5. The van der Waals surface area contributed by atoms with E-state index >= 15 is 0 Å². The molecule has 1 amide bonds. The molecule has 0 saturated carbocycles. The summed E-state index contributed by atoms with van der Waals surface area (Å²) in [5, 5.41) is 10.4. The van der Waals surface area contributed by atoms with Gasteiger partial charge in [0.05, 0.1) is 17.1 Å². The van der Waals surface area contributed by atoms with E-state index in [4.69, 9.17) is 9.15 Å². The van der Waals surface area contributed by atoms with Crippen molar-refractivity contribution in [2.24, 2.45) is 0 Å². The highest BCUT2D eigenvalue weighted by Gasteiger charge is 2.32. The molecule has 0 spiro atoms. The summed E-state index contributed by atoms with van der Waals surface area (Å²) >= 11 is 0. The van der Waals surface area contributed by atoms with Gasteiger partial charge in [-0.25, -0.2) is 8.42 Å². The zero-order valence-corrected chi connectivity index (χ0v) is 19.7. The summed E-state index contributed by atoms with van der Waals surface area (Å²) in [5.41, 5.74) is 3.26. The first kappa shape index (κ1) is 23.1. The number of nitrogens with zero attached hydrogens (tertiary/aromatic N) is 3. The summed E-state index contributed by atoms with van der Waals surface area (Å²) in [5.74, 6) is -0.188. The van der Waals surface area contributed by atoms with Gasteiger partial charge in [-0.3, -0.25) is 10.1 Å². The van der Waals surface area contributed by atoms with Gasteiger partial charge in [-0.15, -0.1) is 5.10 Å². The summed E-state index contributed by atoms with van der Waals surface area (Å²) in [4.78, 5) is 12.7. The number of sulfonamides is 1. The van der Waals surface area contributed by atoms with Crippen molar-refractivity contribution in [3.63, 3.8) is 0 Å². The van der Waals surface area contributed by atoms with Crippen molar-refractivity contribution in [3.8, 4) is 11.5 Å². The lowest BCUT2D eigenvalue weighted by Gasteiger charge is -2.34. The number of ether oxygens (including phenoxy) is 1. The van der Waals surface area contributed by atoms with Crippen molar-refractivity contribution in [3.05, 3.63) is 59.2 Å². The third-order valence-corrected chi connectivity index (χ3v) is 7.39. The van der Waals surface area contributed by atoms with Gasteiger partial charge >= 0.3 is 6.01 Å². The number of carbonyl (C=O) groups excluding carboxylic acids is 1. The molecule has 33 heavy (non-hydrogen) atoms. The molecular weight excluding hydrogens is 444 g/mol. The van der Waals surface area contributed by atoms with Crippen molar-refractivity contribution in [2.75, 3.05) is 18.4 Å². The van der Waals surface area contributed by atoms with Crippen LogP contribution in [0, 0.1) is 13.8 Å². The fraction of sp³-hybridized carbons (Fsp3) is 0.348. The average molecular weight is 471 g/mol. The van der Waals surface area contributed by atoms with Crippen LogP contribution in [0.25, 0.3) is 11.5 Å². The second-order valence-electron chi connectivity index (χ2n) is 8.27. The summed E-state index contributed by atoms with van der Waals surface area (Å²) in [6.07, 6.45) is -0.367. The van der Waals surface area contributed by atoms with Crippen LogP contribution in [0.5, 0.6) is 0 Å². The number of anilines is 1. The number of carbonyl (C=O) groups is 1. The van der Waals surface area contributed by atoms with Crippen LogP contribution < -0.4 is 5.32 Å². The molecule has 0 aliphatic carbocycles. The van der Waals surface area contributed by atoms with Crippen LogP contribution >= 0.6 is 0 Å². The minimum absolute atomic E-state index is 0.0405. The number of aryl methyl sites for hydroxylation is 2. The fourth-order valence-corrected chi connectivity index (χ4v) is 5.28. The molecule has 0 bridgehead atoms. The fourth-order valence-electron chi connectivity index (χ4n) is 3.69. The lowest BCUT2D eigenvalue weighted by molar-refractivity contribution is -0.0440. The monoisotopic (exact) mass is 470 g/mol. The molecule has 2 heterocycles. The lowest BCUT2D eigenvalue weighted by Crippen LogP contribution is -2.48. The number of benzene rings is 2. The zero-order chi connectivity index (χ0) is 23.8. The van der Waals surface area contributed by atoms with E-state index in [1.54, 1.807) is 0 Å². The molecule has 2 aromatic carbocycles. The molecular formula is C23H26N4O5S. The maximum atomic E-state index is 13.0. The van der Waals surface area contributed by atoms with E-state index in [9.17, 15) is 13.2 Å². The van der Waals surface area contributed by atoms with Crippen LogP contribution in [-0.4, -0.2) is 54.1 Å². The molecule has 1 aliphatic rings. The maximum Gasteiger partial charge on any atom is 0.322 e. The third kappa shape index (κ3) is 4.97. The number of rotatable bonds is 5. The molecule has 1 N–H and O–H groups in total. The van der Waals surface area contributed by atoms with E-state index in [0.29, 0.717) is 5.89 Å². The molecule has 1 fully saturated rings. The number of amides is 1. The molecule has 1 aromatic heterocycles. The Hall–Kier alpha value is -3.08. The van der Waals surface area contributed by atoms with Crippen LogP contribution in [0.3, 0.4) is 0 Å². The molecule has 2 unspecified atom stereocenters. The van der Waals surface area contributed by atoms with Crippen LogP contribution in [0.1, 0.15) is 35.3 Å². The largest absolute Gasteiger partial charge is 0.403 e. The lowest BCUT2D eigenvalue weighted by atomic mass is 10.1. The van der Waals surface area contributed by atoms with Gasteiger partial charge < -0.3 is 9.15 Å². The van der Waals surface area contributed by atoms with Crippen molar-refractivity contribution < 1.29 is 22.4 Å². The molecule has 2 atom stereocenters. The SMILES string of the molecule is Cc1ccc(-c2nnc(NC(=O)c3ccc(S(=O)(=O)N4CC(C)OC(C)C4)cc3)o2)cc1C. The van der Waals surface area contributed by atoms with Gasteiger partial charge in [0.1, 0.15) is 0 Å². The zero-order valence-electron chi connectivity index (χ0n) is 18.9. The van der Waals surface area contributed by atoms with Gasteiger partial charge in [-0.2, -0.15) is 4.31 Å². The number of aromatic nitrogens is 2. The van der Waals surface area contributed by atoms with E-state index in [-0.39, 0.29) is 41.8 Å². The highest BCUT2D eigenvalue weighted by atomic mass is 32.2. The van der Waals surface area contributed by atoms with Crippen molar-refractivity contribution >= 4 is 21.9 Å². The summed E-state index contributed by atoms with van der Waals surface area (Å²) in [7, 11) is -3.68. The van der Waals surface area contributed by atoms with E-state index in [0.717, 1.165) is 16.7 Å². The van der Waals surface area contributed by atoms with Gasteiger partial charge in [-0.05, 0) is 75.2 Å². The highest BCUT2D eigenvalue weighted by molar-refractivity contribution is 7.89. The predicted octanol–water partition coefficient (Wildman–Crippen LogP) is 3.40. The molecule has 174 valence electrons. The Morgan fingerprint density at radius 1 is 1.00 bits per heavy atom. The minimum Gasteiger partial charge on any atom is -0.403 e. The van der Waals surface area contributed by atoms with E-state index < -0.39 is 15.9 Å². The number of nitrogens with one attached hydrogen (secondary N) is 1. The Morgan fingerprint density at radius 3 is 2.30 bits per heavy atom. The molecule has 1 aliphatic heterocycles. The first-order chi connectivity index (χ1) is 15.6. The second-order valence-corrected chi connectivity index (χ2v) is 10.2. The number of morpholine rings is 1. The van der Waals surface area contributed by atoms with Gasteiger partial charge in [0.25, 0.3) is 5.91 Å². The minimum atomic E-state index is -3.68. The molecule has 1 saturated heterocycles. The molecule has 3 aromatic rings. The van der Waals surface area contributed by atoms with E-state index in [2.05, 4.69) is 15.5 Å². The van der Waals surface area contributed by atoms with Gasteiger partial charge in [0.15, 0.2) is 0 Å². The number of hydrogen-bond donors (Lipinski definition) is 1. The Morgan fingerprint density at radius 2 is 1.67 bits per heavy atom. The number of hydrogen-bond acceptors (Lipinski definition) is 7.